The van der Waals surface area contributed by atoms with Gasteiger partial charge in [-0.1, -0.05) is 30.3 Å². The quantitative estimate of drug-likeness (QED) is 0.302. The number of allylic oxidation sites excluding steroid dienone is 2. The van der Waals surface area contributed by atoms with Gasteiger partial charge in [-0.05, 0) is 39.0 Å². The predicted molar refractivity (Wildman–Crippen MR) is 105 cm³/mol. The van der Waals surface area contributed by atoms with Gasteiger partial charge in [0, 0.05) is 20.3 Å². The molecule has 0 bridgehead atoms. The minimum absolute atomic E-state index is 0.00604. The summed E-state index contributed by atoms with van der Waals surface area (Å²) >= 11 is 0.974. The minimum Gasteiger partial charge on any atom is -0.272 e. The number of nitrogens with one attached hydrogen (secondary N) is 1. The molecule has 9 heteroatoms. The number of amides is 1. The molecule has 0 radical (unpaired) electrons. The molecule has 0 saturated carbocycles. The average molecular weight is 382 g/mol. The van der Waals surface area contributed by atoms with Gasteiger partial charge in [0.05, 0.1) is 5.75 Å². The molecule has 0 spiro atoms. The van der Waals surface area contributed by atoms with Crippen LogP contribution in [0.15, 0.2) is 31.4 Å². The van der Waals surface area contributed by atoms with Crippen LogP contribution >= 0.6 is 11.8 Å². The number of carbonyl (C=O) groups is 1. The third-order valence-corrected chi connectivity index (χ3v) is 4.57. The van der Waals surface area contributed by atoms with Gasteiger partial charge < -0.3 is 0 Å². The second-order valence-corrected chi connectivity index (χ2v) is 7.37. The van der Waals surface area contributed by atoms with Crippen molar-refractivity contribution in [3.63, 3.8) is 0 Å². The van der Waals surface area contributed by atoms with Gasteiger partial charge in [-0.15, -0.1) is 0 Å². The zero-order valence-corrected chi connectivity index (χ0v) is 16.8. The molecule has 1 rings (SSSR count). The van der Waals surface area contributed by atoms with Crippen molar-refractivity contribution in [1.82, 2.24) is 19.8 Å². The van der Waals surface area contributed by atoms with Gasteiger partial charge >= 0.3 is 5.69 Å². The topological polar surface area (TPSA) is 98.3 Å². The molecule has 1 aromatic rings. The average Bonchev–Trinajstić information content (AvgIpc) is 2.58. The molecule has 1 aromatic heterocycles. The standard InChI is InChI=1S/C17H27N5O3S/c1-12(2)7-6-8-13(3)9-10-18-19-14(23)11-26-15-16(24)21(4)17(25)22(5)20-15/h7,10,13H,6,8-9,11H2,1-5H3,(H,19,23)/b18-10-/t13-/m1/s1. The summed E-state index contributed by atoms with van der Waals surface area (Å²) < 4.78 is 2.03. The summed E-state index contributed by atoms with van der Waals surface area (Å²) in [6, 6.07) is 0. The Bertz CT molecular complexity index is 791. The smallest absolute Gasteiger partial charge is 0.272 e. The Morgan fingerprint density at radius 1 is 1.35 bits per heavy atom. The van der Waals surface area contributed by atoms with E-state index in [4.69, 9.17) is 0 Å². The number of rotatable bonds is 9. The van der Waals surface area contributed by atoms with E-state index >= 15 is 0 Å². The Balaban J connectivity index is 2.41. The van der Waals surface area contributed by atoms with Crippen LogP contribution in [0.1, 0.15) is 40.0 Å². The maximum Gasteiger partial charge on any atom is 0.346 e. The fourth-order valence-corrected chi connectivity index (χ4v) is 2.82. The highest BCUT2D eigenvalue weighted by atomic mass is 32.2. The summed E-state index contributed by atoms with van der Waals surface area (Å²) in [6.45, 7) is 6.31. The molecule has 0 aliphatic carbocycles. The number of thioether (sulfide) groups is 1. The molecule has 26 heavy (non-hydrogen) atoms. The SMILES string of the molecule is CC(C)=CCC[C@@H](C)C/C=N\NC(=O)CSc1nn(C)c(=O)n(C)c1=O. The lowest BCUT2D eigenvalue weighted by Gasteiger charge is -2.06. The van der Waals surface area contributed by atoms with E-state index in [0.29, 0.717) is 5.92 Å². The van der Waals surface area contributed by atoms with E-state index in [-0.39, 0.29) is 16.7 Å². The Labute approximate surface area is 157 Å². The van der Waals surface area contributed by atoms with E-state index in [0.717, 1.165) is 40.3 Å². The lowest BCUT2D eigenvalue weighted by Crippen LogP contribution is -2.39. The number of nitrogens with zero attached hydrogens (tertiary/aromatic N) is 4. The number of hydrogen-bond donors (Lipinski definition) is 1. The maximum absolute atomic E-state index is 11.9. The van der Waals surface area contributed by atoms with Crippen molar-refractivity contribution in [1.29, 1.82) is 0 Å². The van der Waals surface area contributed by atoms with Crippen molar-refractivity contribution < 1.29 is 4.79 Å². The highest BCUT2D eigenvalue weighted by Crippen LogP contribution is 2.10. The molecule has 0 unspecified atom stereocenters. The second-order valence-electron chi connectivity index (χ2n) is 6.41. The van der Waals surface area contributed by atoms with Gasteiger partial charge in [0.15, 0.2) is 5.03 Å². The minimum atomic E-state index is -0.514. The molecular formula is C17H27N5O3S. The van der Waals surface area contributed by atoms with Crippen LogP contribution in [0.2, 0.25) is 0 Å². The largest absolute Gasteiger partial charge is 0.346 e. The van der Waals surface area contributed by atoms with Crippen LogP contribution in [0.25, 0.3) is 0 Å². The van der Waals surface area contributed by atoms with Gasteiger partial charge in [-0.2, -0.15) is 10.2 Å². The van der Waals surface area contributed by atoms with E-state index in [1.165, 1.54) is 19.7 Å². The van der Waals surface area contributed by atoms with Crippen LogP contribution in [-0.4, -0.2) is 32.2 Å². The van der Waals surface area contributed by atoms with E-state index in [2.05, 4.69) is 42.5 Å². The molecule has 0 aliphatic heterocycles. The van der Waals surface area contributed by atoms with E-state index in [1.807, 2.05) is 0 Å². The Morgan fingerprint density at radius 2 is 2.04 bits per heavy atom. The number of carbonyl (C=O) groups excluding carboxylic acids is 1. The zero-order chi connectivity index (χ0) is 19.7. The molecule has 0 aromatic carbocycles. The normalized spacial score (nSPS) is 12.2. The second kappa shape index (κ2) is 10.7. The summed E-state index contributed by atoms with van der Waals surface area (Å²) in [4.78, 5) is 35.3. The van der Waals surface area contributed by atoms with Crippen LogP contribution in [0.4, 0.5) is 0 Å². The van der Waals surface area contributed by atoms with Crippen LogP contribution in [0.5, 0.6) is 0 Å². The molecule has 1 atom stereocenters. The highest BCUT2D eigenvalue weighted by Gasteiger charge is 2.11. The molecule has 0 fully saturated rings. The molecular weight excluding hydrogens is 354 g/mol. The monoisotopic (exact) mass is 381 g/mol. The molecule has 0 aliphatic rings. The van der Waals surface area contributed by atoms with Crippen molar-refractivity contribution in [2.45, 2.75) is 45.1 Å². The van der Waals surface area contributed by atoms with Crippen molar-refractivity contribution in [2.24, 2.45) is 25.1 Å². The Hall–Kier alpha value is -2.16. The van der Waals surface area contributed by atoms with E-state index in [1.54, 1.807) is 6.21 Å². The zero-order valence-electron chi connectivity index (χ0n) is 16.0. The maximum atomic E-state index is 11.9. The van der Waals surface area contributed by atoms with Crippen molar-refractivity contribution in [2.75, 3.05) is 5.75 Å². The first-order valence-corrected chi connectivity index (χ1v) is 9.41. The fourth-order valence-electron chi connectivity index (χ4n) is 2.05. The summed E-state index contributed by atoms with van der Waals surface area (Å²) in [5, 5.41) is 7.90. The lowest BCUT2D eigenvalue weighted by atomic mass is 10.0. The first kappa shape index (κ1) is 21.9. The Kier molecular flexibility index (Phi) is 9.04. The van der Waals surface area contributed by atoms with Gasteiger partial charge in [-0.3, -0.25) is 14.2 Å². The molecule has 1 amide bonds. The number of hydrazone groups is 1. The fraction of sp³-hybridized carbons (Fsp3) is 0.588. The van der Waals surface area contributed by atoms with Crippen molar-refractivity contribution in [3.8, 4) is 0 Å². The van der Waals surface area contributed by atoms with Gasteiger partial charge in [0.1, 0.15) is 0 Å². The summed E-state index contributed by atoms with van der Waals surface area (Å²) in [6.07, 6.45) is 6.81. The number of hydrogen-bond acceptors (Lipinski definition) is 6. The van der Waals surface area contributed by atoms with Crippen molar-refractivity contribution >= 4 is 23.9 Å². The summed E-state index contributed by atoms with van der Waals surface area (Å²) in [5.74, 6) is 0.146. The van der Waals surface area contributed by atoms with E-state index < -0.39 is 11.2 Å². The van der Waals surface area contributed by atoms with E-state index in [9.17, 15) is 14.4 Å². The first-order chi connectivity index (χ1) is 12.2. The van der Waals surface area contributed by atoms with Crippen LogP contribution in [0, 0.1) is 5.92 Å². The lowest BCUT2D eigenvalue weighted by molar-refractivity contribution is -0.118. The Morgan fingerprint density at radius 3 is 2.69 bits per heavy atom. The molecule has 1 N–H and O–H groups in total. The number of aryl methyl sites for hydroxylation is 1. The van der Waals surface area contributed by atoms with Crippen LogP contribution in [-0.2, 0) is 18.9 Å². The van der Waals surface area contributed by atoms with Crippen LogP contribution in [0.3, 0.4) is 0 Å². The van der Waals surface area contributed by atoms with Crippen molar-refractivity contribution in [3.05, 3.63) is 32.5 Å². The molecule has 144 valence electrons. The molecule has 0 saturated heterocycles. The summed E-state index contributed by atoms with van der Waals surface area (Å²) in [7, 11) is 2.83. The summed E-state index contributed by atoms with van der Waals surface area (Å²) in [5.41, 5.74) is 2.73. The highest BCUT2D eigenvalue weighted by molar-refractivity contribution is 7.99. The molecule has 1 heterocycles. The first-order valence-electron chi connectivity index (χ1n) is 8.43. The third kappa shape index (κ3) is 7.38. The van der Waals surface area contributed by atoms with Gasteiger partial charge in [0.2, 0.25) is 5.91 Å². The van der Waals surface area contributed by atoms with Crippen LogP contribution < -0.4 is 16.7 Å². The third-order valence-electron chi connectivity index (χ3n) is 3.63. The van der Waals surface area contributed by atoms with Gasteiger partial charge in [-0.25, -0.2) is 14.9 Å². The number of aromatic nitrogens is 3. The molecule has 8 nitrogen and oxygen atoms in total. The predicted octanol–water partition coefficient (Wildman–Crippen LogP) is 1.45. The van der Waals surface area contributed by atoms with Gasteiger partial charge in [0.25, 0.3) is 5.56 Å².